The van der Waals surface area contributed by atoms with Crippen LogP contribution in [0.2, 0.25) is 0 Å². The van der Waals surface area contributed by atoms with Crippen LogP contribution in [0.5, 0.6) is 0 Å². The van der Waals surface area contributed by atoms with Crippen LogP contribution in [0, 0.1) is 0 Å². The molecule has 16 rings (SSSR count). The lowest BCUT2D eigenvalue weighted by Crippen LogP contribution is -2.71. The number of rotatable bonds is 28. The van der Waals surface area contributed by atoms with Gasteiger partial charge in [0.1, 0.15) is 0 Å². The third-order valence-corrected chi connectivity index (χ3v) is 21.3. The quantitative estimate of drug-likeness (QED) is 0.0458. The minimum atomic E-state index is -1.19. The second-order valence-electron chi connectivity index (χ2n) is 27.3. The van der Waals surface area contributed by atoms with E-state index in [0.717, 1.165) is 245 Å². The standard InChI is InChI=1S/C81H92N12/c1-9-17-37-86(38-18-10-2)69-33-25-29-53-45-61-65(49-57(53)69)77-82-74-62-46-54-30-26-34-70(87(39-19-11-3)40-20-12-4)58(54)50-66(62)79-84-76-64-48-56-32-28-36-72(89(43-23-15-7)44-24-16-8)60(56)52-68(64)80-85-75-63-47-55-31-27-35-71(88(41-21-13-5)42-22-14-6)59(55)51-67(63)78-83-73(61)90(77)81(91(74)79,92(75)78)93(76)80/h25-36,45-52H,9-24,37-44H2,1-8H3/q+2. The van der Waals surface area contributed by atoms with Gasteiger partial charge < -0.3 is 19.6 Å². The van der Waals surface area contributed by atoms with Gasteiger partial charge in [-0.25, -0.2) is 0 Å². The van der Waals surface area contributed by atoms with Gasteiger partial charge in [-0.2, -0.15) is 9.13 Å². The predicted octanol–water partition coefficient (Wildman–Crippen LogP) is 17.9. The molecule has 0 fully saturated rings. The van der Waals surface area contributed by atoms with Crippen molar-refractivity contribution in [3.63, 3.8) is 0 Å². The molecule has 2 aromatic heterocycles. The summed E-state index contributed by atoms with van der Waals surface area (Å²) in [7, 11) is 0. The van der Waals surface area contributed by atoms with Gasteiger partial charge in [-0.15, -0.1) is 9.15 Å². The Morgan fingerprint density at radius 2 is 0.613 bits per heavy atom. The fourth-order valence-corrected chi connectivity index (χ4v) is 16.4. The molecule has 0 N–H and O–H groups in total. The monoisotopic (exact) mass is 1230 g/mol. The second-order valence-corrected chi connectivity index (χ2v) is 27.3. The molecule has 8 heterocycles. The molecular formula is C81H92N12+2. The van der Waals surface area contributed by atoms with Crippen molar-refractivity contribution in [2.45, 2.75) is 164 Å². The smallest absolute Gasteiger partial charge is 0.371 e. The van der Waals surface area contributed by atoms with Crippen LogP contribution >= 0.6 is 0 Å². The Labute approximate surface area is 548 Å². The summed E-state index contributed by atoms with van der Waals surface area (Å²) in [4.78, 5) is 35.3. The van der Waals surface area contributed by atoms with Gasteiger partial charge in [0.2, 0.25) is 22.6 Å². The number of hydrogen-bond donors (Lipinski definition) is 0. The topological polar surface area (TPSA) is 78.3 Å². The van der Waals surface area contributed by atoms with Gasteiger partial charge in [-0.05, 0) is 146 Å². The summed E-state index contributed by atoms with van der Waals surface area (Å²) >= 11 is 0. The van der Waals surface area contributed by atoms with Crippen molar-refractivity contribution in [1.29, 1.82) is 0 Å². The molecule has 0 saturated heterocycles. The number of benzene rings is 8. The van der Waals surface area contributed by atoms with Crippen LogP contribution in [0.4, 0.5) is 34.4 Å². The summed E-state index contributed by atoms with van der Waals surface area (Å²) in [5.74, 6) is 4.25. The summed E-state index contributed by atoms with van der Waals surface area (Å²) in [6, 6.07) is 47.6. The van der Waals surface area contributed by atoms with Crippen LogP contribution in [0.3, 0.4) is 0 Å². The van der Waals surface area contributed by atoms with Gasteiger partial charge in [0, 0.05) is 118 Å². The molecule has 1 unspecified atom stereocenters. The number of hydrogen-bond acceptors (Lipinski definition) is 8. The van der Waals surface area contributed by atoms with Crippen LogP contribution in [-0.4, -0.2) is 94.0 Å². The number of aromatic nitrogens is 2. The zero-order valence-electron chi connectivity index (χ0n) is 56.4. The van der Waals surface area contributed by atoms with Gasteiger partial charge in [0.15, 0.2) is 0 Å². The van der Waals surface area contributed by atoms with E-state index in [-0.39, 0.29) is 0 Å². The van der Waals surface area contributed by atoms with Crippen LogP contribution < -0.4 is 30.6 Å². The first-order chi connectivity index (χ1) is 45.8. The SMILES string of the molecule is CCCCN(CCCC)c1cccc2cc3c(cc12)C1=Nc2c4cc5cccc(N(CCCC)CCCC)c5cc4c4n2C25n6c(c7cc8cccc(N(CCCC)CCCC)c8cc7c6=NC3=[N+]12)=NC1=[N+]5C(=N4)c2cc3cccc(N(CCCC)CCCC)c3cc21. The summed E-state index contributed by atoms with van der Waals surface area (Å²) < 4.78 is 10.1. The van der Waals surface area contributed by atoms with Gasteiger partial charge in [0.05, 0.1) is 22.3 Å². The van der Waals surface area contributed by atoms with E-state index in [0.29, 0.717) is 0 Å². The highest BCUT2D eigenvalue weighted by Gasteiger charge is 2.69. The first kappa shape index (κ1) is 59.4. The van der Waals surface area contributed by atoms with Crippen LogP contribution in [0.1, 0.15) is 180 Å². The molecule has 6 aliphatic rings. The van der Waals surface area contributed by atoms with E-state index in [9.17, 15) is 0 Å². The molecule has 93 heavy (non-hydrogen) atoms. The van der Waals surface area contributed by atoms with E-state index >= 15 is 0 Å². The van der Waals surface area contributed by atoms with E-state index in [1.54, 1.807) is 0 Å². The molecule has 0 radical (unpaired) electrons. The number of aliphatic imine (C=N–C) groups is 2. The number of anilines is 4. The first-order valence-corrected chi connectivity index (χ1v) is 36.1. The van der Waals surface area contributed by atoms with Crippen molar-refractivity contribution in [2.75, 3.05) is 72.0 Å². The minimum absolute atomic E-state index is 0.905. The van der Waals surface area contributed by atoms with E-state index in [4.69, 9.17) is 20.0 Å². The molecule has 474 valence electrons. The Kier molecular flexibility index (Phi) is 15.4. The van der Waals surface area contributed by atoms with Crippen molar-refractivity contribution in [3.05, 3.63) is 155 Å². The Balaban J connectivity index is 1.06. The molecule has 10 aromatic rings. The van der Waals surface area contributed by atoms with Gasteiger partial charge >= 0.3 is 5.91 Å². The highest BCUT2D eigenvalue weighted by molar-refractivity contribution is 6.24. The Morgan fingerprint density at radius 3 is 1.01 bits per heavy atom. The van der Waals surface area contributed by atoms with Crippen molar-refractivity contribution >= 4 is 122 Å². The predicted molar refractivity (Wildman–Crippen MR) is 392 cm³/mol. The van der Waals surface area contributed by atoms with E-state index in [1.807, 2.05) is 0 Å². The number of unbranched alkanes of at least 4 members (excludes halogenated alkanes) is 8. The molecule has 1 spiro atoms. The molecule has 12 nitrogen and oxygen atoms in total. The molecule has 0 bridgehead atoms. The average molecular weight is 1230 g/mol. The fourth-order valence-electron chi connectivity index (χ4n) is 16.4. The molecular weight excluding hydrogens is 1140 g/mol. The first-order valence-electron chi connectivity index (χ1n) is 36.1. The zero-order chi connectivity index (χ0) is 63.2. The second kappa shape index (κ2) is 24.0. The normalized spacial score (nSPS) is 16.0. The molecule has 8 aromatic carbocycles. The number of amidine groups is 4. The third kappa shape index (κ3) is 9.02. The van der Waals surface area contributed by atoms with Crippen molar-refractivity contribution in [2.24, 2.45) is 20.0 Å². The maximum atomic E-state index is 6.16. The summed E-state index contributed by atoms with van der Waals surface area (Å²) in [6.45, 7) is 26.7. The molecule has 12 heteroatoms. The van der Waals surface area contributed by atoms with Crippen LogP contribution in [0.15, 0.2) is 141 Å². The number of fused-ring (bicyclic) bond motifs is 16. The number of nitrogens with zero attached hydrogens (tertiary/aromatic N) is 12. The summed E-state index contributed by atoms with van der Waals surface area (Å²) in [5.41, 5.74) is 11.4. The lowest BCUT2D eigenvalue weighted by molar-refractivity contribution is -0.790. The molecule has 6 aliphatic heterocycles. The van der Waals surface area contributed by atoms with Crippen molar-refractivity contribution in [3.8, 4) is 0 Å². The van der Waals surface area contributed by atoms with E-state index in [2.05, 4.69) is 215 Å². The molecule has 0 aliphatic carbocycles. The van der Waals surface area contributed by atoms with Gasteiger partial charge in [-0.1, -0.05) is 175 Å². The Morgan fingerprint density at radius 1 is 0.312 bits per heavy atom. The summed E-state index contributed by atoms with van der Waals surface area (Å²) in [5, 5.41) is 14.3. The third-order valence-electron chi connectivity index (χ3n) is 21.3. The van der Waals surface area contributed by atoms with E-state index in [1.165, 1.54) is 65.8 Å². The van der Waals surface area contributed by atoms with Gasteiger partial charge in [-0.3, -0.25) is 0 Å². The fraction of sp³-hybridized carbons (Fsp3) is 0.407. The van der Waals surface area contributed by atoms with Gasteiger partial charge in [0.25, 0.3) is 23.3 Å². The minimum Gasteiger partial charge on any atom is -0.371 e. The van der Waals surface area contributed by atoms with Crippen molar-refractivity contribution < 1.29 is 9.15 Å². The molecule has 0 saturated carbocycles. The van der Waals surface area contributed by atoms with Crippen LogP contribution in [-0.2, 0) is 5.91 Å². The maximum absolute atomic E-state index is 6.16. The largest absolute Gasteiger partial charge is 0.404 e. The van der Waals surface area contributed by atoms with E-state index < -0.39 is 5.91 Å². The zero-order valence-corrected chi connectivity index (χ0v) is 56.4. The van der Waals surface area contributed by atoms with Crippen molar-refractivity contribution in [1.82, 2.24) is 9.13 Å². The highest BCUT2D eigenvalue weighted by Crippen LogP contribution is 2.55. The summed E-state index contributed by atoms with van der Waals surface area (Å²) in [6.07, 6.45) is 18.3. The molecule has 0 amide bonds. The maximum Gasteiger partial charge on any atom is 0.404 e. The Hall–Kier alpha value is -8.64. The van der Waals surface area contributed by atoms with Crippen LogP contribution in [0.25, 0.3) is 64.6 Å². The average Bonchev–Trinajstić information content (AvgIpc) is 1.47. The molecule has 1 atom stereocenters. The lowest BCUT2D eigenvalue weighted by atomic mass is 9.99. The Bertz CT molecular complexity index is 4940. The lowest BCUT2D eigenvalue weighted by Gasteiger charge is -2.40. The highest BCUT2D eigenvalue weighted by atomic mass is 15.7.